The van der Waals surface area contributed by atoms with Crippen molar-refractivity contribution >= 4 is 79.4 Å². The van der Waals surface area contributed by atoms with Crippen LogP contribution in [0.1, 0.15) is 21.9 Å². The van der Waals surface area contributed by atoms with Gasteiger partial charge in [0.1, 0.15) is 5.75 Å². The first-order valence-corrected chi connectivity index (χ1v) is 13.6. The zero-order valence-corrected chi connectivity index (χ0v) is 22.3. The number of aromatic hydroxyl groups is 1. The smallest absolute Gasteiger partial charge is 0.152 e. The van der Waals surface area contributed by atoms with Crippen LogP contribution >= 0.6 is 57.3 Å². The largest absolute Gasteiger partial charge is 0.507 e. The summed E-state index contributed by atoms with van der Waals surface area (Å²) in [7, 11) is 0. The third-order valence-electron chi connectivity index (χ3n) is 5.19. The van der Waals surface area contributed by atoms with Gasteiger partial charge < -0.3 is 5.11 Å². The van der Waals surface area contributed by atoms with Gasteiger partial charge in [-0.05, 0) is 82.2 Å². The van der Waals surface area contributed by atoms with E-state index in [-0.39, 0.29) is 11.0 Å². The Morgan fingerprint density at radius 1 is 0.941 bits per heavy atom. The van der Waals surface area contributed by atoms with Crippen LogP contribution in [0.3, 0.4) is 0 Å². The highest BCUT2D eigenvalue weighted by atomic mass is 127. The number of aromatic nitrogens is 1. The molecule has 168 valence electrons. The van der Waals surface area contributed by atoms with Gasteiger partial charge in [0.15, 0.2) is 4.34 Å². The number of halogens is 2. The molecule has 0 aliphatic rings. The lowest BCUT2D eigenvalue weighted by Crippen LogP contribution is -1.96. The molecule has 4 aromatic carbocycles. The summed E-state index contributed by atoms with van der Waals surface area (Å²) >= 11 is 11.7. The van der Waals surface area contributed by atoms with Gasteiger partial charge in [-0.2, -0.15) is 0 Å². The molecule has 0 aliphatic carbocycles. The molecule has 0 spiro atoms. The summed E-state index contributed by atoms with van der Waals surface area (Å²) in [5.41, 5.74) is 4.87. The molecule has 3 nitrogen and oxygen atoms in total. The molecule has 0 unspecified atom stereocenters. The average molecular weight is 613 g/mol. The summed E-state index contributed by atoms with van der Waals surface area (Å²) < 4.78 is 3.12. The Morgan fingerprint density at radius 3 is 2.50 bits per heavy atom. The van der Waals surface area contributed by atoms with E-state index in [4.69, 9.17) is 16.6 Å². The minimum Gasteiger partial charge on any atom is -0.507 e. The fourth-order valence-electron chi connectivity index (χ4n) is 3.49. The van der Waals surface area contributed by atoms with Gasteiger partial charge in [-0.3, -0.25) is 4.99 Å². The summed E-state index contributed by atoms with van der Waals surface area (Å²) in [6.45, 7) is 0. The van der Waals surface area contributed by atoms with E-state index in [2.05, 4.69) is 64.0 Å². The third-order valence-corrected chi connectivity index (χ3v) is 8.54. The van der Waals surface area contributed by atoms with Gasteiger partial charge >= 0.3 is 0 Å². The van der Waals surface area contributed by atoms with Gasteiger partial charge in [0.05, 0.1) is 21.2 Å². The first-order chi connectivity index (χ1) is 16.5. The molecule has 0 amide bonds. The monoisotopic (exact) mass is 612 g/mol. The molecule has 1 aromatic heterocycles. The number of fused-ring (bicyclic) bond motifs is 1. The zero-order valence-electron chi connectivity index (χ0n) is 17.7. The number of hydrogen-bond donors (Lipinski definition) is 1. The standard InChI is InChI=1S/C27H18ClIN2OS2/c28-20-8-6-18(7-9-20)26(17-4-2-1-3-5-17)34-27-31-23-12-11-22(15-25(23)33-27)30-16-19-14-21(29)10-13-24(19)32/h1-16,26,32H/t26-/m0/s1. The number of rotatable bonds is 6. The van der Waals surface area contributed by atoms with Crippen LogP contribution in [-0.2, 0) is 0 Å². The number of thiazole rings is 1. The van der Waals surface area contributed by atoms with Crippen LogP contribution in [-0.4, -0.2) is 16.3 Å². The molecule has 0 radical (unpaired) electrons. The number of benzene rings is 4. The van der Waals surface area contributed by atoms with Crippen LogP contribution in [0, 0.1) is 3.57 Å². The lowest BCUT2D eigenvalue weighted by molar-refractivity contribution is 0.474. The molecule has 7 heteroatoms. The molecule has 1 atom stereocenters. The van der Waals surface area contributed by atoms with E-state index in [1.54, 1.807) is 35.4 Å². The number of thioether (sulfide) groups is 1. The second kappa shape index (κ2) is 10.5. The number of hydrogen-bond acceptors (Lipinski definition) is 5. The second-order valence-electron chi connectivity index (χ2n) is 7.55. The van der Waals surface area contributed by atoms with Crippen molar-refractivity contribution in [1.82, 2.24) is 4.98 Å². The maximum atomic E-state index is 10.1. The second-order valence-corrected chi connectivity index (χ2v) is 11.6. The topological polar surface area (TPSA) is 45.5 Å². The van der Waals surface area contributed by atoms with E-state index < -0.39 is 0 Å². The van der Waals surface area contributed by atoms with Crippen molar-refractivity contribution < 1.29 is 5.11 Å². The third kappa shape index (κ3) is 5.46. The lowest BCUT2D eigenvalue weighted by Gasteiger charge is -2.16. The van der Waals surface area contributed by atoms with Crippen LogP contribution < -0.4 is 0 Å². The summed E-state index contributed by atoms with van der Waals surface area (Å²) in [5.74, 6) is 0.218. The van der Waals surface area contributed by atoms with E-state index in [1.807, 2.05) is 48.5 Å². The van der Waals surface area contributed by atoms with Crippen LogP contribution in [0.15, 0.2) is 100 Å². The fourth-order valence-corrected chi connectivity index (χ4v) is 6.55. The molecule has 5 aromatic rings. The Kier molecular flexibility index (Phi) is 7.20. The normalized spacial score (nSPS) is 12.4. The Morgan fingerprint density at radius 2 is 1.71 bits per heavy atom. The molecule has 0 fully saturated rings. The summed E-state index contributed by atoms with van der Waals surface area (Å²) in [4.78, 5) is 9.44. The first-order valence-electron chi connectivity index (χ1n) is 10.5. The van der Waals surface area contributed by atoms with Crippen molar-refractivity contribution in [3.05, 3.63) is 116 Å². The highest BCUT2D eigenvalue weighted by molar-refractivity contribution is 14.1. The van der Waals surface area contributed by atoms with Crippen molar-refractivity contribution in [2.45, 2.75) is 9.59 Å². The zero-order chi connectivity index (χ0) is 23.5. The maximum absolute atomic E-state index is 10.1. The molecule has 0 aliphatic heterocycles. The predicted molar refractivity (Wildman–Crippen MR) is 153 cm³/mol. The van der Waals surface area contributed by atoms with Crippen molar-refractivity contribution in [2.75, 3.05) is 0 Å². The molecule has 34 heavy (non-hydrogen) atoms. The van der Waals surface area contributed by atoms with Crippen molar-refractivity contribution in [2.24, 2.45) is 4.99 Å². The van der Waals surface area contributed by atoms with E-state index in [0.29, 0.717) is 5.56 Å². The molecule has 0 saturated carbocycles. The lowest BCUT2D eigenvalue weighted by atomic mass is 10.0. The Bertz CT molecular complexity index is 1470. The van der Waals surface area contributed by atoms with E-state index >= 15 is 0 Å². The number of nitrogens with zero attached hydrogens (tertiary/aromatic N) is 2. The van der Waals surface area contributed by atoms with Gasteiger partial charge in [0.25, 0.3) is 0 Å². The van der Waals surface area contributed by atoms with Crippen molar-refractivity contribution in [1.29, 1.82) is 0 Å². The van der Waals surface area contributed by atoms with Crippen LogP contribution in [0.25, 0.3) is 10.2 Å². The van der Waals surface area contributed by atoms with Gasteiger partial charge in [0, 0.05) is 20.4 Å². The Hall–Kier alpha value is -2.39. The SMILES string of the molecule is Oc1ccc(I)cc1C=Nc1ccc2nc(S[C@@H](c3ccccc3)c3ccc(Cl)cc3)sc2c1. The molecule has 0 saturated heterocycles. The maximum Gasteiger partial charge on any atom is 0.152 e. The number of phenols is 1. The molecular weight excluding hydrogens is 595 g/mol. The quantitative estimate of drug-likeness (QED) is 0.118. The predicted octanol–water partition coefficient (Wildman–Crippen LogP) is 8.89. The number of phenolic OH excluding ortho intramolecular Hbond substituents is 1. The van der Waals surface area contributed by atoms with Gasteiger partial charge in [-0.25, -0.2) is 4.98 Å². The van der Waals surface area contributed by atoms with Gasteiger partial charge in [-0.15, -0.1) is 11.3 Å². The summed E-state index contributed by atoms with van der Waals surface area (Å²) in [6.07, 6.45) is 1.70. The van der Waals surface area contributed by atoms with Crippen LogP contribution in [0.2, 0.25) is 5.02 Å². The number of aliphatic imine (C=N–C) groups is 1. The Labute approximate surface area is 224 Å². The van der Waals surface area contributed by atoms with Crippen molar-refractivity contribution in [3.63, 3.8) is 0 Å². The minimum absolute atomic E-state index is 0.111. The molecule has 0 bridgehead atoms. The van der Waals surface area contributed by atoms with E-state index in [1.165, 1.54) is 11.1 Å². The molecular formula is C27H18ClIN2OS2. The van der Waals surface area contributed by atoms with Crippen molar-refractivity contribution in [3.8, 4) is 5.75 Å². The highest BCUT2D eigenvalue weighted by Crippen LogP contribution is 2.43. The average Bonchev–Trinajstić information content (AvgIpc) is 3.26. The van der Waals surface area contributed by atoms with E-state index in [9.17, 15) is 5.11 Å². The van der Waals surface area contributed by atoms with Gasteiger partial charge in [-0.1, -0.05) is 65.8 Å². The van der Waals surface area contributed by atoms with Crippen LogP contribution in [0.4, 0.5) is 5.69 Å². The molecule has 1 N–H and O–H groups in total. The minimum atomic E-state index is 0.111. The van der Waals surface area contributed by atoms with Gasteiger partial charge in [0.2, 0.25) is 0 Å². The molecule has 5 rings (SSSR count). The van der Waals surface area contributed by atoms with Crippen LogP contribution in [0.5, 0.6) is 5.75 Å². The summed E-state index contributed by atoms with van der Waals surface area (Å²) in [5, 5.41) is 10.9. The Balaban J connectivity index is 1.43. The fraction of sp³-hybridized carbons (Fsp3) is 0.0370. The highest BCUT2D eigenvalue weighted by Gasteiger charge is 2.18. The summed E-state index contributed by atoms with van der Waals surface area (Å²) in [6, 6.07) is 29.9. The molecule has 1 heterocycles. The first kappa shape index (κ1) is 23.4. The van der Waals surface area contributed by atoms with E-state index in [0.717, 1.165) is 28.8 Å².